The molecule has 0 aliphatic rings. The van der Waals surface area contributed by atoms with E-state index < -0.39 is 10.0 Å². The van der Waals surface area contributed by atoms with E-state index in [1.54, 1.807) is 0 Å². The van der Waals surface area contributed by atoms with Crippen LogP contribution in [-0.2, 0) is 16.4 Å². The molecule has 0 radical (unpaired) electrons. The molecule has 0 spiro atoms. The van der Waals surface area contributed by atoms with Gasteiger partial charge in [0.15, 0.2) is 0 Å². The van der Waals surface area contributed by atoms with Gasteiger partial charge >= 0.3 is 0 Å². The molecule has 7 nitrogen and oxygen atoms in total. The highest BCUT2D eigenvalue weighted by Gasteiger charge is 2.19. The van der Waals surface area contributed by atoms with Gasteiger partial charge in [-0.25, -0.2) is 23.1 Å². The lowest BCUT2D eigenvalue weighted by molar-refractivity contribution is 0.580. The fraction of sp³-hybridized carbons (Fsp3) is 0.222. The molecule has 0 saturated heterocycles. The van der Waals surface area contributed by atoms with Crippen molar-refractivity contribution in [1.29, 1.82) is 0 Å². The summed E-state index contributed by atoms with van der Waals surface area (Å²) in [6.45, 7) is 0.181. The largest absolute Gasteiger partial charge is 0.263 e. The maximum atomic E-state index is 12.0. The van der Waals surface area contributed by atoms with Gasteiger partial charge < -0.3 is 0 Å². The Morgan fingerprint density at radius 1 is 1.42 bits per heavy atom. The first-order valence-corrected chi connectivity index (χ1v) is 7.79. The summed E-state index contributed by atoms with van der Waals surface area (Å²) in [7, 11) is -3.70. The number of pyridine rings is 1. The highest BCUT2D eigenvalue weighted by Crippen LogP contribution is 2.22. The highest BCUT2D eigenvalue weighted by atomic mass is 79.9. The Balaban J connectivity index is 2.07. The predicted molar refractivity (Wildman–Crippen MR) is 72.2 cm³/mol. The molecule has 2 heterocycles. The molecule has 0 amide bonds. The summed E-state index contributed by atoms with van der Waals surface area (Å²) in [6, 6.07) is 1.39. The van der Waals surface area contributed by atoms with Gasteiger partial charge in [-0.1, -0.05) is 11.6 Å². The maximum Gasteiger partial charge on any atom is 0.243 e. The number of hydrogen-bond acceptors (Lipinski definition) is 5. The standard InChI is InChI=1S/C9H9BrClN5O2S/c10-6-3-7(9(11)12-4-6)19(17,18)15-2-1-8-13-5-14-16-8/h3-5,15H,1-2H2,(H,13,14,16). The van der Waals surface area contributed by atoms with Crippen molar-refractivity contribution in [2.45, 2.75) is 11.3 Å². The summed E-state index contributed by atoms with van der Waals surface area (Å²) in [4.78, 5) is 7.60. The van der Waals surface area contributed by atoms with Crippen LogP contribution in [0, 0.1) is 0 Å². The van der Waals surface area contributed by atoms with Gasteiger partial charge in [-0.3, -0.25) is 5.10 Å². The molecule has 2 aromatic heterocycles. The lowest BCUT2D eigenvalue weighted by atomic mass is 10.4. The van der Waals surface area contributed by atoms with Gasteiger partial charge in [0.25, 0.3) is 0 Å². The summed E-state index contributed by atoms with van der Waals surface area (Å²) >= 11 is 8.93. The van der Waals surface area contributed by atoms with Crippen molar-refractivity contribution >= 4 is 37.6 Å². The van der Waals surface area contributed by atoms with Gasteiger partial charge in [0.05, 0.1) is 0 Å². The van der Waals surface area contributed by atoms with Crippen molar-refractivity contribution < 1.29 is 8.42 Å². The van der Waals surface area contributed by atoms with E-state index in [0.29, 0.717) is 16.7 Å². The van der Waals surface area contributed by atoms with E-state index in [1.807, 2.05) is 0 Å². The van der Waals surface area contributed by atoms with Crippen LogP contribution in [0.5, 0.6) is 0 Å². The van der Waals surface area contributed by atoms with Crippen molar-refractivity contribution in [2.75, 3.05) is 6.54 Å². The van der Waals surface area contributed by atoms with Crippen molar-refractivity contribution in [1.82, 2.24) is 24.9 Å². The third kappa shape index (κ3) is 3.72. The second-order valence-corrected chi connectivity index (χ2v) is 6.53. The molecule has 0 aliphatic carbocycles. The molecular weight excluding hydrogens is 358 g/mol. The van der Waals surface area contributed by atoms with E-state index in [1.165, 1.54) is 18.6 Å². The Labute approximate surface area is 123 Å². The second kappa shape index (κ2) is 5.95. The minimum absolute atomic E-state index is 0.0684. The zero-order valence-corrected chi connectivity index (χ0v) is 12.6. The van der Waals surface area contributed by atoms with E-state index in [4.69, 9.17) is 11.6 Å². The zero-order chi connectivity index (χ0) is 13.9. The third-order valence-corrected chi connectivity index (χ3v) is 4.50. The average Bonchev–Trinajstić information content (AvgIpc) is 2.85. The number of nitrogens with zero attached hydrogens (tertiary/aromatic N) is 3. The number of nitrogens with one attached hydrogen (secondary N) is 2. The summed E-state index contributed by atoms with van der Waals surface area (Å²) in [6.07, 6.45) is 3.19. The fourth-order valence-electron chi connectivity index (χ4n) is 1.33. The number of rotatable bonds is 5. The molecule has 0 aromatic carbocycles. The van der Waals surface area contributed by atoms with Gasteiger partial charge in [-0.05, 0) is 22.0 Å². The number of aromatic nitrogens is 4. The molecule has 0 atom stereocenters. The van der Waals surface area contributed by atoms with Gasteiger partial charge in [-0.15, -0.1) is 0 Å². The first-order chi connectivity index (χ1) is 8.99. The molecule has 2 aromatic rings. The van der Waals surface area contributed by atoms with Crippen LogP contribution in [0.2, 0.25) is 5.15 Å². The molecule has 19 heavy (non-hydrogen) atoms. The molecule has 2 rings (SSSR count). The minimum Gasteiger partial charge on any atom is -0.263 e. The van der Waals surface area contributed by atoms with Gasteiger partial charge in [0.2, 0.25) is 10.0 Å². The Kier molecular flexibility index (Phi) is 4.50. The van der Waals surface area contributed by atoms with Gasteiger partial charge in [-0.2, -0.15) is 5.10 Å². The van der Waals surface area contributed by atoms with Crippen molar-refractivity contribution in [3.8, 4) is 0 Å². The van der Waals surface area contributed by atoms with Crippen molar-refractivity contribution in [3.63, 3.8) is 0 Å². The monoisotopic (exact) mass is 365 g/mol. The van der Waals surface area contributed by atoms with Crippen LogP contribution in [0.1, 0.15) is 5.82 Å². The molecule has 0 bridgehead atoms. The summed E-state index contributed by atoms with van der Waals surface area (Å²) in [5.41, 5.74) is 0. The van der Waals surface area contributed by atoms with Crippen LogP contribution < -0.4 is 4.72 Å². The van der Waals surface area contributed by atoms with Crippen molar-refractivity contribution in [3.05, 3.63) is 34.0 Å². The Morgan fingerprint density at radius 3 is 2.89 bits per heavy atom. The summed E-state index contributed by atoms with van der Waals surface area (Å²) in [5.74, 6) is 0.598. The molecule has 2 N–H and O–H groups in total. The zero-order valence-electron chi connectivity index (χ0n) is 9.47. The Morgan fingerprint density at radius 2 is 2.21 bits per heavy atom. The molecule has 0 saturated carbocycles. The predicted octanol–water partition coefficient (Wildman–Crippen LogP) is 1.14. The quantitative estimate of drug-likeness (QED) is 0.773. The first kappa shape index (κ1) is 14.4. The third-order valence-electron chi connectivity index (χ3n) is 2.18. The number of halogens is 2. The molecule has 0 aliphatic heterocycles. The van der Waals surface area contributed by atoms with Crippen molar-refractivity contribution in [2.24, 2.45) is 0 Å². The number of H-pyrrole nitrogens is 1. The second-order valence-electron chi connectivity index (χ2n) is 3.52. The van der Waals surface area contributed by atoms with E-state index >= 15 is 0 Å². The first-order valence-electron chi connectivity index (χ1n) is 5.14. The molecule has 0 fully saturated rings. The smallest absolute Gasteiger partial charge is 0.243 e. The van der Waals surface area contributed by atoms with Crippen LogP contribution >= 0.6 is 27.5 Å². The van der Waals surface area contributed by atoms with E-state index in [2.05, 4.69) is 40.8 Å². The van der Waals surface area contributed by atoms with E-state index in [0.717, 1.165) is 0 Å². The van der Waals surface area contributed by atoms with Gasteiger partial charge in [0, 0.05) is 23.6 Å². The van der Waals surface area contributed by atoms with Crippen LogP contribution in [0.15, 0.2) is 28.0 Å². The van der Waals surface area contributed by atoms with Crippen LogP contribution in [0.3, 0.4) is 0 Å². The average molecular weight is 367 g/mol. The van der Waals surface area contributed by atoms with Gasteiger partial charge in [0.1, 0.15) is 22.2 Å². The molecule has 102 valence electrons. The normalized spacial score (nSPS) is 11.7. The Hall–Kier alpha value is -1.03. The number of hydrogen-bond donors (Lipinski definition) is 2. The Bertz CT molecular complexity index is 661. The highest BCUT2D eigenvalue weighted by molar-refractivity contribution is 9.10. The van der Waals surface area contributed by atoms with E-state index in [-0.39, 0.29) is 16.6 Å². The molecular formula is C9H9BrClN5O2S. The molecule has 0 unspecified atom stereocenters. The number of sulfonamides is 1. The lowest BCUT2D eigenvalue weighted by Crippen LogP contribution is -2.26. The van der Waals surface area contributed by atoms with Crippen LogP contribution in [0.4, 0.5) is 0 Å². The topological polar surface area (TPSA) is 101 Å². The minimum atomic E-state index is -3.70. The van der Waals surface area contributed by atoms with E-state index in [9.17, 15) is 8.42 Å². The number of aromatic amines is 1. The van der Waals surface area contributed by atoms with Crippen LogP contribution in [-0.4, -0.2) is 35.1 Å². The SMILES string of the molecule is O=S(=O)(NCCc1ncn[nH]1)c1cc(Br)cnc1Cl. The maximum absolute atomic E-state index is 12.0. The fourth-order valence-corrected chi connectivity index (χ4v) is 3.30. The summed E-state index contributed by atoms with van der Waals surface area (Å²) in [5, 5.41) is 6.24. The lowest BCUT2D eigenvalue weighted by Gasteiger charge is -2.07. The summed E-state index contributed by atoms with van der Waals surface area (Å²) < 4.78 is 27.0. The molecule has 10 heteroatoms. The van der Waals surface area contributed by atoms with Crippen LogP contribution in [0.25, 0.3) is 0 Å².